The molecule has 0 bridgehead atoms. The lowest BCUT2D eigenvalue weighted by Crippen LogP contribution is -2.24. The van der Waals surface area contributed by atoms with E-state index in [0.29, 0.717) is 24.6 Å². The van der Waals surface area contributed by atoms with Crippen LogP contribution in [0.25, 0.3) is 0 Å². The number of carbonyl (C=O) groups excluding carboxylic acids is 1. The van der Waals surface area contributed by atoms with Crippen molar-refractivity contribution in [3.05, 3.63) is 48.0 Å². The maximum Gasteiger partial charge on any atom is 0.254 e. The molecule has 1 amide bonds. The molecule has 0 atom stereocenters. The van der Waals surface area contributed by atoms with E-state index in [0.717, 1.165) is 12.0 Å². The number of hydrogen-bond acceptors (Lipinski definition) is 5. The monoisotopic (exact) mass is 271 g/mol. The van der Waals surface area contributed by atoms with Gasteiger partial charge in [-0.05, 0) is 24.1 Å². The third kappa shape index (κ3) is 4.01. The lowest BCUT2D eigenvalue weighted by Gasteiger charge is -2.06. The van der Waals surface area contributed by atoms with E-state index < -0.39 is 0 Å². The number of amides is 1. The van der Waals surface area contributed by atoms with Gasteiger partial charge in [-0.3, -0.25) is 9.78 Å². The molecule has 0 aliphatic heterocycles. The summed E-state index contributed by atoms with van der Waals surface area (Å²) in [6.07, 6.45) is 7.41. The van der Waals surface area contributed by atoms with Crippen molar-refractivity contribution in [2.45, 2.75) is 19.9 Å². The van der Waals surface area contributed by atoms with E-state index in [1.165, 1.54) is 12.4 Å². The van der Waals surface area contributed by atoms with E-state index in [-0.39, 0.29) is 5.91 Å². The van der Waals surface area contributed by atoms with E-state index in [4.69, 9.17) is 0 Å². The summed E-state index contributed by atoms with van der Waals surface area (Å²) in [4.78, 5) is 23.9. The maximum absolute atomic E-state index is 11.7. The summed E-state index contributed by atoms with van der Waals surface area (Å²) in [5.41, 5.74) is 1.56. The Kier molecular flexibility index (Phi) is 5.00. The molecule has 0 saturated carbocycles. The summed E-state index contributed by atoms with van der Waals surface area (Å²) in [6, 6.07) is 3.83. The van der Waals surface area contributed by atoms with E-state index in [9.17, 15) is 4.79 Å². The number of aromatic nitrogens is 3. The zero-order valence-corrected chi connectivity index (χ0v) is 11.3. The van der Waals surface area contributed by atoms with Crippen molar-refractivity contribution in [1.82, 2.24) is 20.3 Å². The first-order chi connectivity index (χ1) is 9.79. The van der Waals surface area contributed by atoms with Gasteiger partial charge in [-0.2, -0.15) is 0 Å². The Morgan fingerprint density at radius 1 is 1.20 bits per heavy atom. The van der Waals surface area contributed by atoms with Gasteiger partial charge in [-0.1, -0.05) is 6.92 Å². The molecule has 2 N–H and O–H groups in total. The maximum atomic E-state index is 11.7. The average molecular weight is 271 g/mol. The highest BCUT2D eigenvalue weighted by molar-refractivity contribution is 5.93. The van der Waals surface area contributed by atoms with Crippen LogP contribution < -0.4 is 10.6 Å². The van der Waals surface area contributed by atoms with Gasteiger partial charge in [0.15, 0.2) is 0 Å². The molecule has 0 spiro atoms. The van der Waals surface area contributed by atoms with E-state index in [2.05, 4.69) is 25.6 Å². The number of rotatable bonds is 6. The third-order valence-corrected chi connectivity index (χ3v) is 2.65. The standard InChI is InChI=1S/C14H17N5O/c1-2-5-16-13(20)12-9-18-14(19-10-12)17-8-11-3-6-15-7-4-11/h3-4,6-7,9-10H,2,5,8H2,1H3,(H,16,20)(H,17,18,19). The minimum atomic E-state index is -0.146. The topological polar surface area (TPSA) is 79.8 Å². The number of anilines is 1. The number of hydrogen-bond donors (Lipinski definition) is 2. The van der Waals surface area contributed by atoms with Crippen molar-refractivity contribution in [1.29, 1.82) is 0 Å². The van der Waals surface area contributed by atoms with Gasteiger partial charge in [-0.25, -0.2) is 9.97 Å². The van der Waals surface area contributed by atoms with Crippen molar-refractivity contribution in [3.63, 3.8) is 0 Å². The average Bonchev–Trinajstić information content (AvgIpc) is 2.52. The molecular weight excluding hydrogens is 254 g/mol. The van der Waals surface area contributed by atoms with Crippen molar-refractivity contribution in [3.8, 4) is 0 Å². The van der Waals surface area contributed by atoms with Gasteiger partial charge in [-0.15, -0.1) is 0 Å². The molecule has 6 nitrogen and oxygen atoms in total. The fourth-order valence-corrected chi connectivity index (χ4v) is 1.56. The van der Waals surface area contributed by atoms with Crippen LogP contribution in [0.4, 0.5) is 5.95 Å². The Morgan fingerprint density at radius 3 is 2.55 bits per heavy atom. The molecule has 2 aromatic heterocycles. The molecule has 20 heavy (non-hydrogen) atoms. The summed E-state index contributed by atoms with van der Waals surface area (Å²) in [6.45, 7) is 3.27. The smallest absolute Gasteiger partial charge is 0.254 e. The van der Waals surface area contributed by atoms with E-state index in [1.807, 2.05) is 19.1 Å². The van der Waals surface area contributed by atoms with Crippen LogP contribution in [0.15, 0.2) is 36.9 Å². The summed E-state index contributed by atoms with van der Waals surface area (Å²) >= 11 is 0. The third-order valence-electron chi connectivity index (χ3n) is 2.65. The van der Waals surface area contributed by atoms with E-state index >= 15 is 0 Å². The Morgan fingerprint density at radius 2 is 1.90 bits per heavy atom. The quantitative estimate of drug-likeness (QED) is 0.834. The second-order valence-corrected chi connectivity index (χ2v) is 4.26. The molecule has 2 rings (SSSR count). The zero-order chi connectivity index (χ0) is 14.2. The molecule has 2 heterocycles. The Balaban J connectivity index is 1.90. The normalized spacial score (nSPS) is 10.1. The molecule has 0 unspecified atom stereocenters. The van der Waals surface area contributed by atoms with Gasteiger partial charge in [0.1, 0.15) is 0 Å². The van der Waals surface area contributed by atoms with Crippen LogP contribution in [0.2, 0.25) is 0 Å². The second-order valence-electron chi connectivity index (χ2n) is 4.26. The lowest BCUT2D eigenvalue weighted by atomic mass is 10.3. The summed E-state index contributed by atoms with van der Waals surface area (Å²) in [5.74, 6) is 0.349. The zero-order valence-electron chi connectivity index (χ0n) is 11.3. The summed E-state index contributed by atoms with van der Waals surface area (Å²) in [7, 11) is 0. The fraction of sp³-hybridized carbons (Fsp3) is 0.286. The molecule has 2 aromatic rings. The van der Waals surface area contributed by atoms with E-state index in [1.54, 1.807) is 12.4 Å². The number of nitrogens with one attached hydrogen (secondary N) is 2. The van der Waals surface area contributed by atoms with Crippen molar-refractivity contribution in [2.75, 3.05) is 11.9 Å². The van der Waals surface area contributed by atoms with Crippen LogP contribution in [-0.4, -0.2) is 27.4 Å². The first-order valence-electron chi connectivity index (χ1n) is 6.52. The minimum absolute atomic E-state index is 0.146. The molecule has 0 radical (unpaired) electrons. The molecular formula is C14H17N5O. The molecule has 0 fully saturated rings. The molecule has 0 aliphatic carbocycles. The van der Waals surface area contributed by atoms with Crippen molar-refractivity contribution >= 4 is 11.9 Å². The summed E-state index contributed by atoms with van der Waals surface area (Å²) < 4.78 is 0. The van der Waals surface area contributed by atoms with Gasteiger partial charge in [0, 0.05) is 37.9 Å². The highest BCUT2D eigenvalue weighted by Crippen LogP contribution is 2.03. The van der Waals surface area contributed by atoms with Crippen molar-refractivity contribution in [2.24, 2.45) is 0 Å². The van der Waals surface area contributed by atoms with Crippen LogP contribution in [-0.2, 0) is 6.54 Å². The van der Waals surface area contributed by atoms with Gasteiger partial charge in [0.2, 0.25) is 5.95 Å². The van der Waals surface area contributed by atoms with Crippen LogP contribution in [0.5, 0.6) is 0 Å². The lowest BCUT2D eigenvalue weighted by molar-refractivity contribution is 0.0953. The first kappa shape index (κ1) is 13.9. The summed E-state index contributed by atoms with van der Waals surface area (Å²) in [5, 5.41) is 5.87. The SMILES string of the molecule is CCCNC(=O)c1cnc(NCc2ccncc2)nc1. The molecule has 6 heteroatoms. The van der Waals surface area contributed by atoms with Gasteiger partial charge in [0.05, 0.1) is 5.56 Å². The minimum Gasteiger partial charge on any atom is -0.352 e. The molecule has 0 aromatic carbocycles. The molecule has 0 aliphatic rings. The number of pyridine rings is 1. The Hall–Kier alpha value is -2.50. The van der Waals surface area contributed by atoms with Gasteiger partial charge < -0.3 is 10.6 Å². The van der Waals surface area contributed by atoms with Gasteiger partial charge >= 0.3 is 0 Å². The van der Waals surface area contributed by atoms with Crippen LogP contribution in [0.3, 0.4) is 0 Å². The Labute approximate surface area is 117 Å². The number of carbonyl (C=O) groups is 1. The van der Waals surface area contributed by atoms with Crippen LogP contribution in [0, 0.1) is 0 Å². The van der Waals surface area contributed by atoms with Gasteiger partial charge in [0.25, 0.3) is 5.91 Å². The highest BCUT2D eigenvalue weighted by atomic mass is 16.1. The molecule has 104 valence electrons. The highest BCUT2D eigenvalue weighted by Gasteiger charge is 2.05. The second kappa shape index (κ2) is 7.18. The number of nitrogens with zero attached hydrogens (tertiary/aromatic N) is 3. The Bertz CT molecular complexity index is 541. The predicted molar refractivity (Wildman–Crippen MR) is 76.2 cm³/mol. The first-order valence-corrected chi connectivity index (χ1v) is 6.52. The van der Waals surface area contributed by atoms with Crippen LogP contribution >= 0.6 is 0 Å². The molecule has 0 saturated heterocycles. The predicted octanol–water partition coefficient (Wildman–Crippen LogP) is 1.62. The van der Waals surface area contributed by atoms with Crippen LogP contribution in [0.1, 0.15) is 29.3 Å². The largest absolute Gasteiger partial charge is 0.352 e. The van der Waals surface area contributed by atoms with Crippen molar-refractivity contribution < 1.29 is 4.79 Å². The fourth-order valence-electron chi connectivity index (χ4n) is 1.56.